The SMILES string of the molecule is CCNc1ccc(Cn2nc(C)c(C)c2C)cn1. The second kappa shape index (κ2) is 5.21. The van der Waals surface area contributed by atoms with Gasteiger partial charge in [-0.25, -0.2) is 4.98 Å². The van der Waals surface area contributed by atoms with Crippen molar-refractivity contribution in [3.05, 3.63) is 40.8 Å². The van der Waals surface area contributed by atoms with Gasteiger partial charge in [0, 0.05) is 18.4 Å². The first-order valence-electron chi connectivity index (χ1n) is 6.31. The summed E-state index contributed by atoms with van der Waals surface area (Å²) < 4.78 is 2.04. The second-order valence-corrected chi connectivity index (χ2v) is 4.54. The Morgan fingerprint density at radius 1 is 1.22 bits per heavy atom. The van der Waals surface area contributed by atoms with E-state index in [0.29, 0.717) is 0 Å². The number of anilines is 1. The fourth-order valence-corrected chi connectivity index (χ4v) is 1.92. The van der Waals surface area contributed by atoms with Crippen LogP contribution in [0.5, 0.6) is 0 Å². The molecule has 0 radical (unpaired) electrons. The molecule has 0 unspecified atom stereocenters. The van der Waals surface area contributed by atoms with Gasteiger partial charge in [0.05, 0.1) is 12.2 Å². The highest BCUT2D eigenvalue weighted by atomic mass is 15.3. The maximum Gasteiger partial charge on any atom is 0.125 e. The van der Waals surface area contributed by atoms with E-state index in [4.69, 9.17) is 0 Å². The number of aryl methyl sites for hydroxylation is 1. The monoisotopic (exact) mass is 244 g/mol. The summed E-state index contributed by atoms with van der Waals surface area (Å²) in [4.78, 5) is 4.37. The number of pyridine rings is 1. The molecule has 4 heteroatoms. The van der Waals surface area contributed by atoms with Gasteiger partial charge in [-0.1, -0.05) is 6.07 Å². The van der Waals surface area contributed by atoms with Crippen LogP contribution in [0.3, 0.4) is 0 Å². The van der Waals surface area contributed by atoms with Crippen molar-refractivity contribution in [1.29, 1.82) is 0 Å². The molecule has 0 aliphatic carbocycles. The molecule has 2 rings (SSSR count). The fraction of sp³-hybridized carbons (Fsp3) is 0.429. The lowest BCUT2D eigenvalue weighted by atomic mass is 10.2. The highest BCUT2D eigenvalue weighted by Gasteiger charge is 2.07. The average molecular weight is 244 g/mol. The van der Waals surface area contributed by atoms with Gasteiger partial charge in [-0.15, -0.1) is 0 Å². The third-order valence-electron chi connectivity index (χ3n) is 3.26. The number of aromatic nitrogens is 3. The Hall–Kier alpha value is -1.84. The Kier molecular flexibility index (Phi) is 3.65. The lowest BCUT2D eigenvalue weighted by Gasteiger charge is -2.06. The zero-order valence-electron chi connectivity index (χ0n) is 11.5. The Morgan fingerprint density at radius 3 is 2.50 bits per heavy atom. The van der Waals surface area contributed by atoms with Crippen LogP contribution < -0.4 is 5.32 Å². The van der Waals surface area contributed by atoms with E-state index in [1.807, 2.05) is 23.9 Å². The predicted molar refractivity (Wildman–Crippen MR) is 73.9 cm³/mol. The Morgan fingerprint density at radius 2 is 2.00 bits per heavy atom. The van der Waals surface area contributed by atoms with Gasteiger partial charge in [-0.05, 0) is 44.9 Å². The van der Waals surface area contributed by atoms with Crippen LogP contribution >= 0.6 is 0 Å². The first-order valence-corrected chi connectivity index (χ1v) is 6.31. The summed E-state index contributed by atoms with van der Waals surface area (Å²) in [7, 11) is 0. The molecule has 0 saturated heterocycles. The Labute approximate surface area is 108 Å². The highest BCUT2D eigenvalue weighted by molar-refractivity contribution is 5.35. The van der Waals surface area contributed by atoms with Crippen molar-refractivity contribution in [2.45, 2.75) is 34.2 Å². The zero-order chi connectivity index (χ0) is 13.1. The van der Waals surface area contributed by atoms with Crippen LogP contribution in [0, 0.1) is 20.8 Å². The minimum Gasteiger partial charge on any atom is -0.370 e. The molecular weight excluding hydrogens is 224 g/mol. The molecule has 4 nitrogen and oxygen atoms in total. The molecule has 1 N–H and O–H groups in total. The van der Waals surface area contributed by atoms with E-state index >= 15 is 0 Å². The molecule has 0 atom stereocenters. The molecule has 0 aliphatic rings. The zero-order valence-corrected chi connectivity index (χ0v) is 11.5. The van der Waals surface area contributed by atoms with E-state index in [1.54, 1.807) is 0 Å². The third-order valence-corrected chi connectivity index (χ3v) is 3.26. The number of hydrogen-bond acceptors (Lipinski definition) is 3. The third kappa shape index (κ3) is 2.53. The van der Waals surface area contributed by atoms with Crippen molar-refractivity contribution in [3.8, 4) is 0 Å². The van der Waals surface area contributed by atoms with Crippen molar-refractivity contribution in [3.63, 3.8) is 0 Å². The van der Waals surface area contributed by atoms with Gasteiger partial charge in [0.2, 0.25) is 0 Å². The molecule has 0 aliphatic heterocycles. The molecule has 0 fully saturated rings. The fourth-order valence-electron chi connectivity index (χ4n) is 1.92. The number of nitrogens with zero attached hydrogens (tertiary/aromatic N) is 3. The summed E-state index contributed by atoms with van der Waals surface area (Å²) in [5.74, 6) is 0.922. The van der Waals surface area contributed by atoms with Crippen LogP contribution in [0.4, 0.5) is 5.82 Å². The van der Waals surface area contributed by atoms with Crippen LogP contribution in [0.2, 0.25) is 0 Å². The normalized spacial score (nSPS) is 10.7. The number of hydrogen-bond donors (Lipinski definition) is 1. The smallest absolute Gasteiger partial charge is 0.125 e. The largest absolute Gasteiger partial charge is 0.370 e. The standard InChI is InChI=1S/C14H20N4/c1-5-15-14-7-6-13(8-16-14)9-18-12(4)10(2)11(3)17-18/h6-8H,5,9H2,1-4H3,(H,15,16). The minimum absolute atomic E-state index is 0.778. The predicted octanol–water partition coefficient (Wildman–Crippen LogP) is 2.68. The maximum atomic E-state index is 4.54. The summed E-state index contributed by atoms with van der Waals surface area (Å²) in [6, 6.07) is 4.11. The van der Waals surface area contributed by atoms with Crippen LogP contribution in [0.15, 0.2) is 18.3 Å². The second-order valence-electron chi connectivity index (χ2n) is 4.54. The molecular formula is C14H20N4. The van der Waals surface area contributed by atoms with Gasteiger partial charge in [0.15, 0.2) is 0 Å². The van der Waals surface area contributed by atoms with Gasteiger partial charge in [-0.2, -0.15) is 5.10 Å². The first kappa shape index (κ1) is 12.6. The van der Waals surface area contributed by atoms with E-state index < -0.39 is 0 Å². The summed E-state index contributed by atoms with van der Waals surface area (Å²) in [6.45, 7) is 10.00. The molecule has 2 heterocycles. The molecule has 2 aromatic heterocycles. The Balaban J connectivity index is 2.15. The molecule has 0 bridgehead atoms. The highest BCUT2D eigenvalue weighted by Crippen LogP contribution is 2.13. The molecule has 2 aromatic rings. The van der Waals surface area contributed by atoms with Crippen molar-refractivity contribution >= 4 is 5.82 Å². The quantitative estimate of drug-likeness (QED) is 0.899. The van der Waals surface area contributed by atoms with Crippen LogP contribution in [-0.2, 0) is 6.54 Å². The van der Waals surface area contributed by atoms with Crippen molar-refractivity contribution in [2.24, 2.45) is 0 Å². The lowest BCUT2D eigenvalue weighted by molar-refractivity contribution is 0.657. The van der Waals surface area contributed by atoms with Crippen LogP contribution in [0.1, 0.15) is 29.4 Å². The lowest BCUT2D eigenvalue weighted by Crippen LogP contribution is -2.05. The molecule has 96 valence electrons. The van der Waals surface area contributed by atoms with Gasteiger partial charge >= 0.3 is 0 Å². The Bertz CT molecular complexity index is 525. The van der Waals surface area contributed by atoms with Crippen molar-refractivity contribution in [1.82, 2.24) is 14.8 Å². The van der Waals surface area contributed by atoms with Gasteiger partial charge in [-0.3, -0.25) is 4.68 Å². The topological polar surface area (TPSA) is 42.7 Å². The average Bonchev–Trinajstić information content (AvgIpc) is 2.60. The van der Waals surface area contributed by atoms with E-state index in [0.717, 1.165) is 24.6 Å². The van der Waals surface area contributed by atoms with E-state index in [2.05, 4.69) is 42.2 Å². The molecule has 0 amide bonds. The molecule has 0 aromatic carbocycles. The van der Waals surface area contributed by atoms with E-state index in [-0.39, 0.29) is 0 Å². The molecule has 18 heavy (non-hydrogen) atoms. The van der Waals surface area contributed by atoms with Crippen molar-refractivity contribution in [2.75, 3.05) is 11.9 Å². The van der Waals surface area contributed by atoms with Crippen LogP contribution in [-0.4, -0.2) is 21.3 Å². The summed E-state index contributed by atoms with van der Waals surface area (Å²) in [5, 5.41) is 7.73. The van der Waals surface area contributed by atoms with Gasteiger partial charge in [0.1, 0.15) is 5.82 Å². The number of nitrogens with one attached hydrogen (secondary N) is 1. The van der Waals surface area contributed by atoms with Gasteiger partial charge in [0.25, 0.3) is 0 Å². The van der Waals surface area contributed by atoms with Gasteiger partial charge < -0.3 is 5.32 Å². The van der Waals surface area contributed by atoms with Crippen molar-refractivity contribution < 1.29 is 0 Å². The van der Waals surface area contributed by atoms with E-state index in [9.17, 15) is 0 Å². The van der Waals surface area contributed by atoms with E-state index in [1.165, 1.54) is 16.8 Å². The number of rotatable bonds is 4. The maximum absolute atomic E-state index is 4.54. The molecule has 0 spiro atoms. The molecule has 0 saturated carbocycles. The minimum atomic E-state index is 0.778. The summed E-state index contributed by atoms with van der Waals surface area (Å²) >= 11 is 0. The summed E-state index contributed by atoms with van der Waals surface area (Å²) in [5.41, 5.74) is 4.77. The summed E-state index contributed by atoms with van der Waals surface area (Å²) in [6.07, 6.45) is 1.91. The van der Waals surface area contributed by atoms with Crippen LogP contribution in [0.25, 0.3) is 0 Å². The first-order chi connectivity index (χ1) is 8.61.